The molecule has 1 aromatic rings. The fourth-order valence-corrected chi connectivity index (χ4v) is 1.90. The van der Waals surface area contributed by atoms with E-state index in [1.165, 1.54) is 50.9 Å². The Morgan fingerprint density at radius 1 is 0.955 bits per heavy atom. The molecular weight excluding hydrogens is 420 g/mol. The summed E-state index contributed by atoms with van der Waals surface area (Å²) in [4.78, 5) is 0. The van der Waals surface area contributed by atoms with Crippen LogP contribution in [0.3, 0.4) is 0 Å². The topological polar surface area (TPSA) is 8.81 Å². The molecule has 0 aliphatic heterocycles. The number of hydrogen-bond donors (Lipinski definition) is 0. The minimum absolute atomic E-state index is 1.18. The second-order valence-electron chi connectivity index (χ2n) is 5.38. The summed E-state index contributed by atoms with van der Waals surface area (Å²) in [5.74, 6) is 1.35. The van der Waals surface area contributed by atoms with Crippen LogP contribution in [-0.4, -0.2) is 24.0 Å². The van der Waals surface area contributed by atoms with Gasteiger partial charge in [0.1, 0.15) is 12.4 Å². The summed E-state index contributed by atoms with van der Waals surface area (Å²) in [5, 5.41) is 0. The Hall–Kier alpha value is -0.392. The maximum absolute atomic E-state index is 11.2. The van der Waals surface area contributed by atoms with E-state index in [0.717, 1.165) is 0 Å². The van der Waals surface area contributed by atoms with Gasteiger partial charge in [-0.1, -0.05) is 32.6 Å². The molecule has 134 valence electrons. The molecule has 0 N–H and O–H groups in total. The van der Waals surface area contributed by atoms with Gasteiger partial charge >= 0.3 is 36.4 Å². The van der Waals surface area contributed by atoms with Crippen LogP contribution >= 0.6 is 0 Å². The molecular formula is C13H25F6N2Sb. The number of nitrogens with zero attached hydrogens (tertiary/aromatic N) is 2. The van der Waals surface area contributed by atoms with Crippen molar-refractivity contribution in [2.24, 2.45) is 7.05 Å². The van der Waals surface area contributed by atoms with E-state index >= 15 is 0 Å². The molecule has 0 aliphatic carbocycles. The van der Waals surface area contributed by atoms with E-state index in [4.69, 9.17) is 0 Å². The van der Waals surface area contributed by atoms with Gasteiger partial charge in [0.15, 0.2) is 0 Å². The summed E-state index contributed by atoms with van der Waals surface area (Å²) in [5.41, 5.74) is 0. The van der Waals surface area contributed by atoms with E-state index < -0.39 is 19.5 Å². The Labute approximate surface area is 130 Å². The Balaban J connectivity index is 0.000000534. The molecule has 2 nitrogen and oxygen atoms in total. The van der Waals surface area contributed by atoms with Gasteiger partial charge in [-0.15, -0.1) is 0 Å². The van der Waals surface area contributed by atoms with Crippen LogP contribution in [0.4, 0.5) is 16.9 Å². The molecule has 0 spiro atoms. The van der Waals surface area contributed by atoms with Gasteiger partial charge in [0, 0.05) is 6.92 Å². The molecule has 0 saturated heterocycles. The number of hydrogen-bond acceptors (Lipinski definition) is 0. The van der Waals surface area contributed by atoms with Crippen molar-refractivity contribution in [2.45, 2.75) is 58.9 Å². The molecule has 0 saturated carbocycles. The average Bonchev–Trinajstić information content (AvgIpc) is 2.61. The molecule has 0 atom stereocenters. The zero-order valence-corrected chi connectivity index (χ0v) is 15.8. The molecule has 1 rings (SSSR count). The fourth-order valence-electron chi connectivity index (χ4n) is 1.90. The summed E-state index contributed by atoms with van der Waals surface area (Å²) in [6, 6.07) is 0. The van der Waals surface area contributed by atoms with Crippen molar-refractivity contribution in [3.8, 4) is 0 Å². The van der Waals surface area contributed by atoms with Gasteiger partial charge in [-0.3, -0.25) is 0 Å². The van der Waals surface area contributed by atoms with Gasteiger partial charge in [0.2, 0.25) is 0 Å². The molecule has 0 amide bonds. The van der Waals surface area contributed by atoms with Crippen LogP contribution in [-0.2, 0) is 13.6 Å². The Kier molecular flexibility index (Phi) is 7.32. The van der Waals surface area contributed by atoms with E-state index in [2.05, 4.69) is 42.4 Å². The van der Waals surface area contributed by atoms with Crippen LogP contribution in [0.15, 0.2) is 12.4 Å². The van der Waals surface area contributed by atoms with Crippen LogP contribution in [0.25, 0.3) is 0 Å². The second kappa shape index (κ2) is 7.45. The Morgan fingerprint density at radius 2 is 1.41 bits per heavy atom. The van der Waals surface area contributed by atoms with Gasteiger partial charge in [0.05, 0.1) is 13.6 Å². The van der Waals surface area contributed by atoms with Gasteiger partial charge in [-0.2, -0.15) is 0 Å². The van der Waals surface area contributed by atoms with Crippen molar-refractivity contribution in [2.75, 3.05) is 0 Å². The fraction of sp³-hybridized carbons (Fsp3) is 0.769. The van der Waals surface area contributed by atoms with E-state index in [9.17, 15) is 16.9 Å². The Bertz CT molecular complexity index is 440. The van der Waals surface area contributed by atoms with E-state index in [-0.39, 0.29) is 0 Å². The molecule has 9 heteroatoms. The summed E-state index contributed by atoms with van der Waals surface area (Å²) < 4.78 is 64.1. The molecule has 0 bridgehead atoms. The number of halogens is 6. The van der Waals surface area contributed by atoms with Crippen molar-refractivity contribution >= 4 is 19.5 Å². The molecule has 0 unspecified atom stereocenters. The third-order valence-electron chi connectivity index (χ3n) is 3.15. The number of imidazole rings is 1. The van der Waals surface area contributed by atoms with Gasteiger partial charge in [-0.25, -0.2) is 9.13 Å². The molecule has 0 aromatic carbocycles. The predicted molar refractivity (Wildman–Crippen MR) is 76.1 cm³/mol. The third-order valence-corrected chi connectivity index (χ3v) is 3.15. The van der Waals surface area contributed by atoms with Crippen LogP contribution in [0.5, 0.6) is 0 Å². The van der Waals surface area contributed by atoms with Crippen molar-refractivity contribution in [1.82, 2.24) is 4.57 Å². The van der Waals surface area contributed by atoms with Gasteiger partial charge < -0.3 is 0 Å². The Morgan fingerprint density at radius 3 is 1.82 bits per heavy atom. The third kappa shape index (κ3) is 16.0. The maximum atomic E-state index is 9.93. The molecule has 22 heavy (non-hydrogen) atoms. The van der Waals surface area contributed by atoms with E-state index in [1.807, 2.05) is 0 Å². The van der Waals surface area contributed by atoms with E-state index in [0.29, 0.717) is 0 Å². The van der Waals surface area contributed by atoms with Crippen molar-refractivity contribution in [1.29, 1.82) is 0 Å². The first kappa shape index (κ1) is 21.6. The number of unbranched alkanes of at least 4 members (excludes halogenated alkanes) is 5. The number of aryl methyl sites for hydroxylation is 2. The van der Waals surface area contributed by atoms with Crippen LogP contribution < -0.4 is 4.57 Å². The SMILES string of the molecule is CCCCCCCC[n+]1ccn(C)c1C.[F][Sb-]([F])([F])([F])([F])[F]. The molecule has 0 aliphatic rings. The van der Waals surface area contributed by atoms with Gasteiger partial charge in [0.25, 0.3) is 5.82 Å². The number of rotatable bonds is 7. The average molecular weight is 445 g/mol. The summed E-state index contributed by atoms with van der Waals surface area (Å²) in [6.07, 6.45) is 12.6. The van der Waals surface area contributed by atoms with Gasteiger partial charge in [-0.05, 0) is 12.8 Å². The van der Waals surface area contributed by atoms with E-state index in [1.54, 1.807) is 0 Å². The second-order valence-corrected chi connectivity index (χ2v) is 10.8. The molecule has 0 radical (unpaired) electrons. The van der Waals surface area contributed by atoms with Crippen LogP contribution in [0, 0.1) is 6.92 Å². The molecule has 0 fully saturated rings. The standard InChI is InChI=1S/C13H25N2.6FH.Sb/c1-4-5-6-7-8-9-10-15-12-11-14(3)13(15)2;;;;;;;/h11-12H,4-10H2,1-3H3;6*1H;/q+1;;;;;;;+5/p-6. The van der Waals surface area contributed by atoms with Crippen molar-refractivity contribution in [3.63, 3.8) is 0 Å². The quantitative estimate of drug-likeness (QED) is 0.239. The predicted octanol–water partition coefficient (Wildman–Crippen LogP) is 5.12. The van der Waals surface area contributed by atoms with Crippen LogP contribution in [0.2, 0.25) is 0 Å². The summed E-state index contributed by atoms with van der Waals surface area (Å²) in [6.45, 7) is 5.62. The first-order valence-electron chi connectivity index (χ1n) is 7.28. The zero-order valence-electron chi connectivity index (χ0n) is 13.2. The minimum atomic E-state index is -11.2. The number of aromatic nitrogens is 2. The van der Waals surface area contributed by atoms with Crippen LogP contribution in [0.1, 0.15) is 51.3 Å². The summed E-state index contributed by atoms with van der Waals surface area (Å²) in [7, 11) is 2.10. The first-order chi connectivity index (χ1) is 9.70. The zero-order chi connectivity index (χ0) is 17.5. The molecule has 1 heterocycles. The first-order valence-corrected chi connectivity index (χ1v) is 13.1. The van der Waals surface area contributed by atoms with Crippen molar-refractivity contribution in [3.05, 3.63) is 18.2 Å². The summed E-state index contributed by atoms with van der Waals surface area (Å²) >= 11 is -11.2. The van der Waals surface area contributed by atoms with Crippen molar-refractivity contribution < 1.29 is 21.4 Å². The normalized spacial score (nSPS) is 14.8. The monoisotopic (exact) mass is 444 g/mol. The molecule has 1 aromatic heterocycles.